The Hall–Kier alpha value is -3.22. The second-order valence-electron chi connectivity index (χ2n) is 6.69. The Balaban J connectivity index is 1.61. The maximum Gasteiger partial charge on any atom is 0.163 e. The molecule has 7 heteroatoms. The van der Waals surface area contributed by atoms with Crippen molar-refractivity contribution in [2.45, 2.75) is 26.3 Å². The minimum atomic E-state index is 0.756. The van der Waals surface area contributed by atoms with Crippen LogP contribution in [0.25, 0.3) is 16.7 Å². The number of nitrogens with zero attached hydrogens (tertiary/aromatic N) is 7. The molecule has 0 bridgehead atoms. The van der Waals surface area contributed by atoms with E-state index in [-0.39, 0.29) is 0 Å². The van der Waals surface area contributed by atoms with E-state index in [1.807, 2.05) is 34.9 Å². The van der Waals surface area contributed by atoms with Crippen molar-refractivity contribution in [1.29, 1.82) is 0 Å². The first kappa shape index (κ1) is 17.2. The monoisotopic (exact) mass is 361 g/mol. The first-order valence-corrected chi connectivity index (χ1v) is 9.14. The molecule has 0 amide bonds. The number of hydrogen-bond donors (Lipinski definition) is 0. The minimum Gasteiger partial charge on any atom is -0.355 e. The van der Waals surface area contributed by atoms with Crippen LogP contribution in [0.3, 0.4) is 0 Å². The van der Waals surface area contributed by atoms with Crippen LogP contribution in [-0.4, -0.2) is 36.6 Å². The second kappa shape index (κ2) is 7.19. The van der Waals surface area contributed by atoms with Gasteiger partial charge in [-0.1, -0.05) is 19.1 Å². The van der Waals surface area contributed by atoms with Crippen LogP contribution in [0.5, 0.6) is 0 Å². The molecule has 3 heterocycles. The van der Waals surface area contributed by atoms with Gasteiger partial charge in [-0.05, 0) is 30.2 Å². The van der Waals surface area contributed by atoms with E-state index >= 15 is 0 Å². The molecule has 0 aliphatic carbocycles. The smallest absolute Gasteiger partial charge is 0.163 e. The van der Waals surface area contributed by atoms with Gasteiger partial charge in [0.25, 0.3) is 0 Å². The number of hydrogen-bond acceptors (Lipinski definition) is 5. The van der Waals surface area contributed by atoms with Crippen molar-refractivity contribution < 1.29 is 0 Å². The summed E-state index contributed by atoms with van der Waals surface area (Å²) >= 11 is 0. The molecule has 0 spiro atoms. The summed E-state index contributed by atoms with van der Waals surface area (Å²) in [5.41, 5.74) is 3.14. The summed E-state index contributed by atoms with van der Waals surface area (Å²) in [7, 11) is 3.98. The van der Waals surface area contributed by atoms with E-state index in [0.29, 0.717) is 0 Å². The molecular weight excluding hydrogens is 338 g/mol. The molecule has 0 saturated heterocycles. The normalized spacial score (nSPS) is 11.2. The van der Waals surface area contributed by atoms with E-state index in [9.17, 15) is 0 Å². The van der Waals surface area contributed by atoms with E-state index in [0.717, 1.165) is 47.7 Å². The molecular formula is C20H23N7. The largest absolute Gasteiger partial charge is 0.355 e. The fourth-order valence-electron chi connectivity index (χ4n) is 3.20. The van der Waals surface area contributed by atoms with Crippen LogP contribution in [0, 0.1) is 0 Å². The van der Waals surface area contributed by atoms with Gasteiger partial charge in [0, 0.05) is 39.5 Å². The molecule has 3 aromatic heterocycles. The van der Waals surface area contributed by atoms with Crippen molar-refractivity contribution in [3.8, 4) is 5.69 Å². The highest BCUT2D eigenvalue weighted by Gasteiger charge is 2.15. The zero-order chi connectivity index (χ0) is 18.8. The van der Waals surface area contributed by atoms with Gasteiger partial charge < -0.3 is 4.90 Å². The maximum absolute atomic E-state index is 4.81. The third-order valence-corrected chi connectivity index (χ3v) is 4.58. The van der Waals surface area contributed by atoms with Gasteiger partial charge in [-0.15, -0.1) is 0 Å². The molecule has 1 aromatic carbocycles. The number of fused-ring (bicyclic) bond motifs is 1. The van der Waals surface area contributed by atoms with Crippen LogP contribution in [0.4, 0.5) is 5.82 Å². The van der Waals surface area contributed by atoms with Crippen molar-refractivity contribution in [2.24, 2.45) is 7.05 Å². The lowest BCUT2D eigenvalue weighted by atomic mass is 10.2. The fourth-order valence-corrected chi connectivity index (χ4v) is 3.20. The van der Waals surface area contributed by atoms with Crippen LogP contribution >= 0.6 is 0 Å². The number of aromatic nitrogens is 6. The molecule has 0 atom stereocenters. The highest BCUT2D eigenvalue weighted by molar-refractivity contribution is 5.86. The molecule has 0 radical (unpaired) electrons. The summed E-state index contributed by atoms with van der Waals surface area (Å²) in [5.74, 6) is 1.79. The summed E-state index contributed by atoms with van der Waals surface area (Å²) in [4.78, 5) is 11.6. The summed E-state index contributed by atoms with van der Waals surface area (Å²) in [6, 6.07) is 10.3. The molecule has 4 rings (SSSR count). The number of aryl methyl sites for hydroxylation is 2. The first-order valence-electron chi connectivity index (χ1n) is 9.14. The third kappa shape index (κ3) is 3.40. The van der Waals surface area contributed by atoms with Gasteiger partial charge in [0.2, 0.25) is 0 Å². The lowest BCUT2D eigenvalue weighted by Gasteiger charge is -2.20. The molecule has 0 aliphatic rings. The lowest BCUT2D eigenvalue weighted by Crippen LogP contribution is -2.19. The minimum absolute atomic E-state index is 0.756. The van der Waals surface area contributed by atoms with Crippen LogP contribution < -0.4 is 4.90 Å². The SMILES string of the molecule is CCCc1nc(N(C)Cc2ccc(-n3cccn3)cc2)c2cnn(C)c2n1. The van der Waals surface area contributed by atoms with E-state index in [4.69, 9.17) is 4.98 Å². The molecule has 0 saturated carbocycles. The molecule has 138 valence electrons. The van der Waals surface area contributed by atoms with Crippen LogP contribution in [0.15, 0.2) is 48.9 Å². The maximum atomic E-state index is 4.81. The first-order chi connectivity index (χ1) is 13.2. The lowest BCUT2D eigenvalue weighted by molar-refractivity contribution is 0.769. The van der Waals surface area contributed by atoms with E-state index in [2.05, 4.69) is 58.3 Å². The number of anilines is 1. The van der Waals surface area contributed by atoms with Gasteiger partial charge in [0.15, 0.2) is 5.65 Å². The zero-order valence-electron chi connectivity index (χ0n) is 15.9. The quantitative estimate of drug-likeness (QED) is 0.528. The van der Waals surface area contributed by atoms with Crippen LogP contribution in [0.1, 0.15) is 24.7 Å². The Kier molecular flexibility index (Phi) is 4.58. The number of rotatable bonds is 6. The molecule has 0 fully saturated rings. The molecule has 7 nitrogen and oxygen atoms in total. The van der Waals surface area contributed by atoms with Gasteiger partial charge in [0.05, 0.1) is 17.3 Å². The van der Waals surface area contributed by atoms with Gasteiger partial charge in [-0.3, -0.25) is 4.68 Å². The Labute approximate surface area is 158 Å². The summed E-state index contributed by atoms with van der Waals surface area (Å²) in [5, 5.41) is 9.61. The highest BCUT2D eigenvalue weighted by atomic mass is 15.3. The Bertz CT molecular complexity index is 1030. The van der Waals surface area contributed by atoms with Crippen molar-refractivity contribution in [3.05, 3.63) is 60.3 Å². The summed E-state index contributed by atoms with van der Waals surface area (Å²) in [6.07, 6.45) is 7.44. The Morgan fingerprint density at radius 1 is 1.07 bits per heavy atom. The topological polar surface area (TPSA) is 64.7 Å². The fraction of sp³-hybridized carbons (Fsp3) is 0.300. The predicted octanol–water partition coefficient (Wildman–Crippen LogP) is 3.14. The summed E-state index contributed by atoms with van der Waals surface area (Å²) in [6.45, 7) is 2.90. The van der Waals surface area contributed by atoms with Gasteiger partial charge >= 0.3 is 0 Å². The van der Waals surface area contributed by atoms with E-state index in [1.165, 1.54) is 5.56 Å². The van der Waals surface area contributed by atoms with Crippen molar-refractivity contribution in [1.82, 2.24) is 29.5 Å². The Morgan fingerprint density at radius 3 is 2.59 bits per heavy atom. The van der Waals surface area contributed by atoms with E-state index in [1.54, 1.807) is 6.20 Å². The average Bonchev–Trinajstić information content (AvgIpc) is 3.33. The zero-order valence-corrected chi connectivity index (χ0v) is 15.9. The van der Waals surface area contributed by atoms with Gasteiger partial charge in [-0.2, -0.15) is 10.2 Å². The molecule has 27 heavy (non-hydrogen) atoms. The predicted molar refractivity (Wildman–Crippen MR) is 106 cm³/mol. The average molecular weight is 361 g/mol. The molecule has 0 N–H and O–H groups in total. The Morgan fingerprint density at radius 2 is 1.89 bits per heavy atom. The van der Waals surface area contributed by atoms with Gasteiger partial charge in [-0.25, -0.2) is 14.6 Å². The van der Waals surface area contributed by atoms with Crippen molar-refractivity contribution in [3.63, 3.8) is 0 Å². The molecule has 4 aromatic rings. The standard InChI is InChI=1S/C20H23N7/c1-4-6-18-23-19(17-13-22-26(3)20(17)24-18)25(2)14-15-7-9-16(10-8-15)27-12-5-11-21-27/h5,7-13H,4,6,14H2,1-3H3. The van der Waals surface area contributed by atoms with E-state index < -0.39 is 0 Å². The highest BCUT2D eigenvalue weighted by Crippen LogP contribution is 2.24. The third-order valence-electron chi connectivity index (χ3n) is 4.58. The summed E-state index contributed by atoms with van der Waals surface area (Å²) < 4.78 is 3.67. The second-order valence-corrected chi connectivity index (χ2v) is 6.69. The van der Waals surface area contributed by atoms with Gasteiger partial charge in [0.1, 0.15) is 11.6 Å². The van der Waals surface area contributed by atoms with Crippen molar-refractivity contribution in [2.75, 3.05) is 11.9 Å². The van der Waals surface area contributed by atoms with Crippen LogP contribution in [0.2, 0.25) is 0 Å². The molecule has 0 unspecified atom stereocenters. The van der Waals surface area contributed by atoms with Crippen molar-refractivity contribution >= 4 is 16.9 Å². The molecule has 0 aliphatic heterocycles. The van der Waals surface area contributed by atoms with Crippen LogP contribution in [-0.2, 0) is 20.0 Å². The number of benzene rings is 1.